The molecule has 2 bridgehead atoms. The molecule has 1 unspecified atom stereocenters. The Hall–Kier alpha value is -2.80. The van der Waals surface area contributed by atoms with E-state index in [1.54, 1.807) is 17.6 Å². The summed E-state index contributed by atoms with van der Waals surface area (Å²) in [6.45, 7) is 1.64. The van der Waals surface area contributed by atoms with Gasteiger partial charge in [-0.05, 0) is 53.8 Å². The van der Waals surface area contributed by atoms with Gasteiger partial charge in [0.2, 0.25) is 0 Å². The first kappa shape index (κ1) is 21.9. The lowest BCUT2D eigenvalue weighted by Gasteiger charge is -2.21. The summed E-state index contributed by atoms with van der Waals surface area (Å²) in [7, 11) is 0. The predicted octanol–water partition coefficient (Wildman–Crippen LogP) is 3.80. The molecule has 4 N–H and O–H groups in total. The number of allylic oxidation sites excluding steroid dienone is 6. The Kier molecular flexibility index (Phi) is 8.32. The quantitative estimate of drug-likeness (QED) is 0.0842. The van der Waals surface area contributed by atoms with Gasteiger partial charge in [0.05, 0.1) is 6.04 Å². The first-order valence-corrected chi connectivity index (χ1v) is 10.4. The zero-order chi connectivity index (χ0) is 21.2. The highest BCUT2D eigenvalue weighted by molar-refractivity contribution is 7.90. The Bertz CT molecular complexity index is 942. The van der Waals surface area contributed by atoms with Crippen LogP contribution in [0, 0.1) is 0 Å². The third-order valence-electron chi connectivity index (χ3n) is 4.83. The van der Waals surface area contributed by atoms with E-state index in [1.807, 2.05) is 12.1 Å². The Morgan fingerprint density at radius 3 is 3.10 bits per heavy atom. The molecule has 0 spiro atoms. The van der Waals surface area contributed by atoms with Crippen molar-refractivity contribution < 1.29 is 10.0 Å². The van der Waals surface area contributed by atoms with Crippen LogP contribution >= 0.6 is 12.6 Å². The van der Waals surface area contributed by atoms with Crippen molar-refractivity contribution in [2.75, 3.05) is 6.54 Å². The van der Waals surface area contributed by atoms with Gasteiger partial charge in [-0.2, -0.15) is 0 Å². The minimum Gasteiger partial charge on any atom is -0.381 e. The number of fused-ring (bicyclic) bond motifs is 1. The van der Waals surface area contributed by atoms with Crippen LogP contribution in [0.5, 0.6) is 0 Å². The average Bonchev–Trinajstić information content (AvgIpc) is 2.75. The average molecular weight is 422 g/mol. The minimum atomic E-state index is -0.578. The Balaban J connectivity index is 1.50. The summed E-state index contributed by atoms with van der Waals surface area (Å²) in [6, 6.07) is 8.40. The number of benzene rings is 1. The first-order chi connectivity index (χ1) is 14.7. The number of rotatable bonds is 8. The number of hydrogen-bond donors (Lipinski definition) is 5. The summed E-state index contributed by atoms with van der Waals surface area (Å²) in [5, 5.41) is 15.4. The molecular weight excluding hydrogens is 394 g/mol. The summed E-state index contributed by atoms with van der Waals surface area (Å²) < 4.78 is 0. The van der Waals surface area contributed by atoms with E-state index in [1.165, 1.54) is 17.2 Å². The van der Waals surface area contributed by atoms with Crippen molar-refractivity contribution in [1.29, 1.82) is 0 Å². The molecule has 156 valence electrons. The number of thiol groups is 1. The van der Waals surface area contributed by atoms with Crippen LogP contribution in [0.15, 0.2) is 90.2 Å². The van der Waals surface area contributed by atoms with E-state index < -0.39 is 5.91 Å². The highest BCUT2D eigenvalue weighted by Crippen LogP contribution is 2.22. The molecule has 0 fully saturated rings. The van der Waals surface area contributed by atoms with Crippen molar-refractivity contribution >= 4 is 23.4 Å². The lowest BCUT2D eigenvalue weighted by atomic mass is 9.96. The molecule has 6 heteroatoms. The van der Waals surface area contributed by atoms with Gasteiger partial charge >= 0.3 is 0 Å². The van der Waals surface area contributed by atoms with Crippen LogP contribution in [0.3, 0.4) is 0 Å². The topological polar surface area (TPSA) is 73.4 Å². The highest BCUT2D eigenvalue weighted by Gasteiger charge is 2.12. The van der Waals surface area contributed by atoms with Crippen LogP contribution in [-0.2, 0) is 11.3 Å². The van der Waals surface area contributed by atoms with E-state index in [0.29, 0.717) is 6.04 Å². The van der Waals surface area contributed by atoms with Crippen LogP contribution in [0.25, 0.3) is 4.91 Å². The van der Waals surface area contributed by atoms with Crippen LogP contribution in [-0.4, -0.2) is 23.7 Å². The first-order valence-electron chi connectivity index (χ1n) is 9.97. The molecule has 1 heterocycles. The number of amides is 1. The molecule has 30 heavy (non-hydrogen) atoms. The summed E-state index contributed by atoms with van der Waals surface area (Å²) in [4.78, 5) is 11.7. The molecule has 1 aliphatic carbocycles. The third-order valence-corrected chi connectivity index (χ3v) is 5.24. The maximum Gasteiger partial charge on any atom is 0.267 e. The predicted molar refractivity (Wildman–Crippen MR) is 125 cm³/mol. The van der Waals surface area contributed by atoms with Gasteiger partial charge < -0.3 is 10.6 Å². The highest BCUT2D eigenvalue weighted by atomic mass is 32.1. The second-order valence-electron chi connectivity index (χ2n) is 7.06. The maximum atomic E-state index is 11.0. The van der Waals surface area contributed by atoms with Crippen LogP contribution in [0.1, 0.15) is 24.0 Å². The monoisotopic (exact) mass is 421 g/mol. The molecule has 3 rings (SSSR count). The molecule has 0 saturated carbocycles. The van der Waals surface area contributed by atoms with Gasteiger partial charge in [-0.3, -0.25) is 10.0 Å². The lowest BCUT2D eigenvalue weighted by molar-refractivity contribution is -0.124. The van der Waals surface area contributed by atoms with E-state index in [-0.39, 0.29) is 0 Å². The van der Waals surface area contributed by atoms with Gasteiger partial charge in [0.15, 0.2) is 0 Å². The molecule has 1 aromatic rings. The van der Waals surface area contributed by atoms with Crippen molar-refractivity contribution in [2.45, 2.75) is 25.4 Å². The Morgan fingerprint density at radius 1 is 1.33 bits per heavy atom. The van der Waals surface area contributed by atoms with Crippen LogP contribution < -0.4 is 16.1 Å². The fourth-order valence-electron chi connectivity index (χ4n) is 3.27. The van der Waals surface area contributed by atoms with Crippen molar-refractivity contribution in [3.05, 3.63) is 101 Å². The molecule has 1 aromatic carbocycles. The molecule has 1 aliphatic heterocycles. The van der Waals surface area contributed by atoms with E-state index >= 15 is 0 Å². The zero-order valence-electron chi connectivity index (χ0n) is 16.7. The van der Waals surface area contributed by atoms with Crippen LogP contribution in [0.4, 0.5) is 0 Å². The van der Waals surface area contributed by atoms with Crippen molar-refractivity contribution in [2.24, 2.45) is 0 Å². The van der Waals surface area contributed by atoms with Gasteiger partial charge in [0.1, 0.15) is 0 Å². The molecule has 1 amide bonds. The minimum absolute atomic E-state index is 0.292. The van der Waals surface area contributed by atoms with Crippen molar-refractivity contribution in [3.63, 3.8) is 0 Å². The Labute approximate surface area is 183 Å². The molecule has 1 atom stereocenters. The molecule has 0 radical (unpaired) electrons. The second kappa shape index (κ2) is 11.4. The van der Waals surface area contributed by atoms with E-state index in [9.17, 15) is 4.79 Å². The number of hydrogen-bond acceptors (Lipinski definition) is 5. The second-order valence-corrected chi connectivity index (χ2v) is 7.55. The largest absolute Gasteiger partial charge is 0.381 e. The third kappa shape index (κ3) is 6.62. The molecule has 5 nitrogen and oxygen atoms in total. The summed E-state index contributed by atoms with van der Waals surface area (Å²) in [6.07, 6.45) is 19.6. The molecular formula is C24H27N3O2S. The normalized spacial score (nSPS) is 20.5. The number of hydroxylamine groups is 1. The fraction of sp³-hybridized carbons (Fsp3) is 0.208. The SMILES string of the molecule is O=C(/C=C/C=C(\S)c1cccc(CNCCC2=CNC3C=C2/C=C\C/C=C\3)c1)NO. The molecule has 0 saturated heterocycles. The molecule has 0 aromatic heterocycles. The summed E-state index contributed by atoms with van der Waals surface area (Å²) >= 11 is 4.49. The summed E-state index contributed by atoms with van der Waals surface area (Å²) in [5.74, 6) is -0.578. The lowest BCUT2D eigenvalue weighted by Crippen LogP contribution is -2.25. The number of carbonyl (C=O) groups is 1. The van der Waals surface area contributed by atoms with Gasteiger partial charge in [-0.1, -0.05) is 54.7 Å². The summed E-state index contributed by atoms with van der Waals surface area (Å²) in [5.41, 5.74) is 6.30. The fourth-order valence-corrected chi connectivity index (χ4v) is 3.50. The zero-order valence-corrected chi connectivity index (χ0v) is 17.6. The standard InChI is InChI=1S/C24H27N3O2S/c28-24(27-29)11-5-10-23(30)20-8-4-6-18(14-20)16-25-13-12-21-17-26-22-9-3-1-2-7-19(21)15-22/h2-11,14-15,17,22,25-26,29-30H,1,12-13,16H2,(H,27,28)/b7-2-,9-3-,11-5+,23-10-. The van der Waals surface area contributed by atoms with Crippen LogP contribution in [0.2, 0.25) is 0 Å². The number of nitrogens with one attached hydrogen (secondary N) is 3. The van der Waals surface area contributed by atoms with E-state index in [0.717, 1.165) is 42.0 Å². The smallest absolute Gasteiger partial charge is 0.267 e. The maximum absolute atomic E-state index is 11.0. The molecule has 2 aliphatic rings. The van der Waals surface area contributed by atoms with Gasteiger partial charge in [0, 0.05) is 23.7 Å². The van der Waals surface area contributed by atoms with Gasteiger partial charge in [-0.25, -0.2) is 5.48 Å². The van der Waals surface area contributed by atoms with Crippen molar-refractivity contribution in [3.8, 4) is 0 Å². The van der Waals surface area contributed by atoms with Crippen molar-refractivity contribution in [1.82, 2.24) is 16.1 Å². The van der Waals surface area contributed by atoms with Gasteiger partial charge in [-0.15, -0.1) is 12.6 Å². The van der Waals surface area contributed by atoms with E-state index in [4.69, 9.17) is 5.21 Å². The Morgan fingerprint density at radius 2 is 2.23 bits per heavy atom. The number of carbonyl (C=O) groups excluding carboxylic acids is 1. The van der Waals surface area contributed by atoms with E-state index in [2.05, 4.69) is 72.0 Å². The number of dihydropyridines is 1. The van der Waals surface area contributed by atoms with Gasteiger partial charge in [0.25, 0.3) is 5.91 Å².